The van der Waals surface area contributed by atoms with Crippen LogP contribution in [0.5, 0.6) is 0 Å². The molecule has 0 amide bonds. The van der Waals surface area contributed by atoms with Crippen molar-refractivity contribution in [3.05, 3.63) is 0 Å². The van der Waals surface area contributed by atoms with Crippen molar-refractivity contribution in [3.8, 4) is 0 Å². The molecule has 0 aliphatic heterocycles. The lowest BCUT2D eigenvalue weighted by atomic mass is 10.1. The standard InChI is InChI=1S/C11H23NO3/c1-4-6-7-8-14-9-11(3,12)10(13)15-5-2/h4-9,12H2,1-3H3. The van der Waals surface area contributed by atoms with Gasteiger partial charge in [-0.05, 0) is 20.3 Å². The van der Waals surface area contributed by atoms with Gasteiger partial charge in [-0.2, -0.15) is 0 Å². The van der Waals surface area contributed by atoms with Gasteiger partial charge >= 0.3 is 5.97 Å². The van der Waals surface area contributed by atoms with E-state index < -0.39 is 11.5 Å². The predicted molar refractivity (Wildman–Crippen MR) is 59.6 cm³/mol. The van der Waals surface area contributed by atoms with Crippen LogP contribution in [0.3, 0.4) is 0 Å². The number of ether oxygens (including phenoxy) is 2. The van der Waals surface area contributed by atoms with Crippen LogP contribution in [-0.4, -0.2) is 31.3 Å². The second-order valence-electron chi connectivity index (χ2n) is 3.90. The topological polar surface area (TPSA) is 61.5 Å². The monoisotopic (exact) mass is 217 g/mol. The van der Waals surface area contributed by atoms with Gasteiger partial charge in [0.15, 0.2) is 0 Å². The van der Waals surface area contributed by atoms with Crippen LogP contribution in [0.4, 0.5) is 0 Å². The Balaban J connectivity index is 3.68. The molecule has 0 radical (unpaired) electrons. The largest absolute Gasteiger partial charge is 0.465 e. The third-order valence-electron chi connectivity index (χ3n) is 2.04. The fourth-order valence-electron chi connectivity index (χ4n) is 1.09. The molecule has 90 valence electrons. The Morgan fingerprint density at radius 1 is 1.33 bits per heavy atom. The quantitative estimate of drug-likeness (QED) is 0.494. The van der Waals surface area contributed by atoms with E-state index in [4.69, 9.17) is 15.2 Å². The summed E-state index contributed by atoms with van der Waals surface area (Å²) < 4.78 is 10.2. The average Bonchev–Trinajstić information content (AvgIpc) is 2.18. The molecule has 0 aliphatic carbocycles. The molecule has 4 heteroatoms. The molecule has 0 rings (SSSR count). The summed E-state index contributed by atoms with van der Waals surface area (Å²) in [5.74, 6) is -0.402. The maximum absolute atomic E-state index is 11.4. The van der Waals surface area contributed by atoms with Gasteiger partial charge in [0.1, 0.15) is 5.54 Å². The molecule has 1 unspecified atom stereocenters. The molecule has 0 spiro atoms. The van der Waals surface area contributed by atoms with Crippen molar-refractivity contribution in [1.29, 1.82) is 0 Å². The van der Waals surface area contributed by atoms with Crippen molar-refractivity contribution in [3.63, 3.8) is 0 Å². The zero-order valence-corrected chi connectivity index (χ0v) is 10.0. The lowest BCUT2D eigenvalue weighted by molar-refractivity contribution is -0.151. The van der Waals surface area contributed by atoms with Crippen molar-refractivity contribution >= 4 is 5.97 Å². The van der Waals surface area contributed by atoms with Gasteiger partial charge in [-0.3, -0.25) is 0 Å². The van der Waals surface area contributed by atoms with Gasteiger partial charge in [0, 0.05) is 6.61 Å². The first-order valence-corrected chi connectivity index (χ1v) is 5.58. The second-order valence-corrected chi connectivity index (χ2v) is 3.90. The van der Waals surface area contributed by atoms with Crippen LogP contribution >= 0.6 is 0 Å². The summed E-state index contributed by atoms with van der Waals surface area (Å²) in [5, 5.41) is 0. The molecule has 1 atom stereocenters. The number of hydrogen-bond acceptors (Lipinski definition) is 4. The van der Waals surface area contributed by atoms with E-state index in [1.165, 1.54) is 0 Å². The lowest BCUT2D eigenvalue weighted by Gasteiger charge is -2.21. The Bertz CT molecular complexity index is 181. The molecule has 0 aromatic heterocycles. The van der Waals surface area contributed by atoms with Crippen molar-refractivity contribution < 1.29 is 14.3 Å². The average molecular weight is 217 g/mol. The Labute approximate surface area is 92.1 Å². The van der Waals surface area contributed by atoms with Crippen molar-refractivity contribution in [2.75, 3.05) is 19.8 Å². The number of esters is 1. The van der Waals surface area contributed by atoms with E-state index in [-0.39, 0.29) is 6.61 Å². The first-order chi connectivity index (χ1) is 7.04. The van der Waals surface area contributed by atoms with Crippen LogP contribution in [0, 0.1) is 0 Å². The molecule has 0 saturated carbocycles. The molecule has 0 aliphatic rings. The number of unbranched alkanes of at least 4 members (excludes halogenated alkanes) is 2. The highest BCUT2D eigenvalue weighted by Gasteiger charge is 2.30. The van der Waals surface area contributed by atoms with Crippen molar-refractivity contribution in [2.24, 2.45) is 5.73 Å². The normalized spacial score (nSPS) is 14.7. The van der Waals surface area contributed by atoms with E-state index in [1.807, 2.05) is 0 Å². The molecule has 0 saturated heterocycles. The van der Waals surface area contributed by atoms with Gasteiger partial charge < -0.3 is 15.2 Å². The predicted octanol–water partition coefficient (Wildman–Crippen LogP) is 1.47. The molecule has 0 bridgehead atoms. The summed E-state index contributed by atoms with van der Waals surface area (Å²) in [5.41, 5.74) is 4.74. The second kappa shape index (κ2) is 7.65. The smallest absolute Gasteiger partial charge is 0.328 e. The van der Waals surface area contributed by atoms with Gasteiger partial charge in [-0.15, -0.1) is 0 Å². The molecular weight excluding hydrogens is 194 g/mol. The molecule has 0 aromatic rings. The van der Waals surface area contributed by atoms with Crippen molar-refractivity contribution in [1.82, 2.24) is 0 Å². The van der Waals surface area contributed by atoms with Crippen LogP contribution in [0.2, 0.25) is 0 Å². The van der Waals surface area contributed by atoms with E-state index in [2.05, 4.69) is 6.92 Å². The van der Waals surface area contributed by atoms with Gasteiger partial charge in [-0.25, -0.2) is 4.79 Å². The fourth-order valence-corrected chi connectivity index (χ4v) is 1.09. The molecule has 2 N–H and O–H groups in total. The number of rotatable bonds is 8. The van der Waals surface area contributed by atoms with Gasteiger partial charge in [0.05, 0.1) is 13.2 Å². The Morgan fingerprint density at radius 3 is 2.53 bits per heavy atom. The summed E-state index contributed by atoms with van der Waals surface area (Å²) >= 11 is 0. The lowest BCUT2D eigenvalue weighted by Crippen LogP contribution is -2.50. The van der Waals surface area contributed by atoms with Crippen LogP contribution in [0.1, 0.15) is 40.0 Å². The van der Waals surface area contributed by atoms with E-state index in [9.17, 15) is 4.79 Å². The fraction of sp³-hybridized carbons (Fsp3) is 0.909. The Hall–Kier alpha value is -0.610. The first kappa shape index (κ1) is 14.4. The molecule has 4 nitrogen and oxygen atoms in total. The molecule has 0 aromatic carbocycles. The van der Waals surface area contributed by atoms with E-state index in [0.717, 1.165) is 19.3 Å². The minimum absolute atomic E-state index is 0.218. The minimum atomic E-state index is -1.03. The van der Waals surface area contributed by atoms with E-state index in [1.54, 1.807) is 13.8 Å². The number of hydrogen-bond donors (Lipinski definition) is 1. The maximum atomic E-state index is 11.4. The molecular formula is C11H23NO3. The van der Waals surface area contributed by atoms with Crippen LogP contribution in [-0.2, 0) is 14.3 Å². The zero-order chi connectivity index (χ0) is 11.7. The molecule has 15 heavy (non-hydrogen) atoms. The summed E-state index contributed by atoms with van der Waals surface area (Å²) in [6, 6.07) is 0. The Morgan fingerprint density at radius 2 is 2.00 bits per heavy atom. The number of nitrogens with two attached hydrogens (primary N) is 1. The highest BCUT2D eigenvalue weighted by molar-refractivity contribution is 5.80. The highest BCUT2D eigenvalue weighted by atomic mass is 16.5. The summed E-state index contributed by atoms with van der Waals surface area (Å²) in [7, 11) is 0. The highest BCUT2D eigenvalue weighted by Crippen LogP contribution is 2.04. The molecule has 0 heterocycles. The van der Waals surface area contributed by atoms with Gasteiger partial charge in [0.2, 0.25) is 0 Å². The third-order valence-corrected chi connectivity index (χ3v) is 2.04. The zero-order valence-electron chi connectivity index (χ0n) is 10.0. The summed E-state index contributed by atoms with van der Waals surface area (Å²) in [4.78, 5) is 11.4. The van der Waals surface area contributed by atoms with E-state index >= 15 is 0 Å². The van der Waals surface area contributed by atoms with E-state index in [0.29, 0.717) is 13.2 Å². The summed E-state index contributed by atoms with van der Waals surface area (Å²) in [6.07, 6.45) is 3.30. The minimum Gasteiger partial charge on any atom is -0.465 e. The number of carbonyl (C=O) groups excluding carboxylic acids is 1. The first-order valence-electron chi connectivity index (χ1n) is 5.58. The Kier molecular flexibility index (Phi) is 7.34. The van der Waals surface area contributed by atoms with Crippen LogP contribution < -0.4 is 5.73 Å². The van der Waals surface area contributed by atoms with Gasteiger partial charge in [-0.1, -0.05) is 19.8 Å². The number of carbonyl (C=O) groups is 1. The van der Waals surface area contributed by atoms with Gasteiger partial charge in [0.25, 0.3) is 0 Å². The van der Waals surface area contributed by atoms with Crippen LogP contribution in [0.25, 0.3) is 0 Å². The SMILES string of the molecule is CCCCCOCC(C)(N)C(=O)OCC. The maximum Gasteiger partial charge on any atom is 0.328 e. The molecule has 0 fully saturated rings. The van der Waals surface area contributed by atoms with Crippen LogP contribution in [0.15, 0.2) is 0 Å². The third kappa shape index (κ3) is 6.47. The summed E-state index contributed by atoms with van der Waals surface area (Å²) in [6.45, 7) is 6.74. The van der Waals surface area contributed by atoms with Crippen molar-refractivity contribution in [2.45, 2.75) is 45.6 Å².